The molecular weight excluding hydrogens is 236 g/mol. The standard InChI is InChI=1S/C16H20N2O/c1-18(11-14-8-9-19-12-14)16-6-2-13(3-7-16)10-17-15-4-5-15/h2-3,6-9,12,15,17H,4-5,10-11H2,1H3. The van der Waals surface area contributed by atoms with Crippen molar-refractivity contribution in [2.75, 3.05) is 11.9 Å². The first kappa shape index (κ1) is 12.3. The van der Waals surface area contributed by atoms with Crippen LogP contribution in [0.5, 0.6) is 0 Å². The van der Waals surface area contributed by atoms with Gasteiger partial charge in [0.25, 0.3) is 0 Å². The zero-order chi connectivity index (χ0) is 13.1. The molecule has 0 saturated heterocycles. The zero-order valence-electron chi connectivity index (χ0n) is 11.3. The molecule has 1 aromatic carbocycles. The van der Waals surface area contributed by atoms with E-state index in [1.807, 2.05) is 6.07 Å². The summed E-state index contributed by atoms with van der Waals surface area (Å²) in [5, 5.41) is 3.53. The molecule has 1 heterocycles. The van der Waals surface area contributed by atoms with E-state index < -0.39 is 0 Å². The average Bonchev–Trinajstić information content (AvgIpc) is 3.13. The van der Waals surface area contributed by atoms with Gasteiger partial charge in [0.05, 0.1) is 12.5 Å². The molecule has 0 atom stereocenters. The lowest BCUT2D eigenvalue weighted by Crippen LogP contribution is -2.17. The van der Waals surface area contributed by atoms with E-state index in [1.54, 1.807) is 12.5 Å². The summed E-state index contributed by atoms with van der Waals surface area (Å²) in [6.45, 7) is 1.85. The molecule has 1 aliphatic rings. The highest BCUT2D eigenvalue weighted by Crippen LogP contribution is 2.20. The SMILES string of the molecule is CN(Cc1ccoc1)c1ccc(CNC2CC2)cc1. The first-order chi connectivity index (χ1) is 9.31. The highest BCUT2D eigenvalue weighted by Gasteiger charge is 2.19. The topological polar surface area (TPSA) is 28.4 Å². The van der Waals surface area contributed by atoms with E-state index in [4.69, 9.17) is 4.42 Å². The van der Waals surface area contributed by atoms with Crippen LogP contribution in [-0.4, -0.2) is 13.1 Å². The summed E-state index contributed by atoms with van der Waals surface area (Å²) >= 11 is 0. The quantitative estimate of drug-likeness (QED) is 0.860. The molecule has 3 nitrogen and oxygen atoms in total. The van der Waals surface area contributed by atoms with E-state index in [1.165, 1.54) is 29.7 Å². The van der Waals surface area contributed by atoms with Crippen LogP contribution < -0.4 is 10.2 Å². The van der Waals surface area contributed by atoms with E-state index >= 15 is 0 Å². The van der Waals surface area contributed by atoms with Gasteiger partial charge in [-0.15, -0.1) is 0 Å². The Morgan fingerprint density at radius 1 is 1.16 bits per heavy atom. The maximum Gasteiger partial charge on any atom is 0.0952 e. The molecule has 1 N–H and O–H groups in total. The Morgan fingerprint density at radius 2 is 1.95 bits per heavy atom. The Morgan fingerprint density at radius 3 is 2.58 bits per heavy atom. The fourth-order valence-corrected chi connectivity index (χ4v) is 2.17. The van der Waals surface area contributed by atoms with Gasteiger partial charge < -0.3 is 14.6 Å². The lowest BCUT2D eigenvalue weighted by atomic mass is 10.2. The van der Waals surface area contributed by atoms with Gasteiger partial charge in [-0.2, -0.15) is 0 Å². The van der Waals surface area contributed by atoms with Gasteiger partial charge in [0, 0.05) is 37.4 Å². The molecule has 1 saturated carbocycles. The molecule has 1 aromatic heterocycles. The van der Waals surface area contributed by atoms with Gasteiger partial charge in [0.2, 0.25) is 0 Å². The van der Waals surface area contributed by atoms with Crippen molar-refractivity contribution in [3.05, 3.63) is 54.0 Å². The van der Waals surface area contributed by atoms with Gasteiger partial charge in [-0.3, -0.25) is 0 Å². The van der Waals surface area contributed by atoms with Crippen molar-refractivity contribution < 1.29 is 4.42 Å². The minimum Gasteiger partial charge on any atom is -0.472 e. The molecule has 0 radical (unpaired) electrons. The lowest BCUT2D eigenvalue weighted by Gasteiger charge is -2.18. The summed E-state index contributed by atoms with van der Waals surface area (Å²) in [6, 6.07) is 11.6. The van der Waals surface area contributed by atoms with Crippen molar-refractivity contribution in [2.24, 2.45) is 0 Å². The minimum absolute atomic E-state index is 0.767. The normalized spacial score (nSPS) is 14.6. The van der Waals surface area contributed by atoms with Crippen LogP contribution in [0.3, 0.4) is 0 Å². The van der Waals surface area contributed by atoms with Crippen LogP contribution in [0.2, 0.25) is 0 Å². The molecule has 0 bridgehead atoms. The van der Waals surface area contributed by atoms with Crippen molar-refractivity contribution in [1.82, 2.24) is 5.32 Å². The number of rotatable bonds is 6. The summed E-state index contributed by atoms with van der Waals surface area (Å²) < 4.78 is 5.10. The van der Waals surface area contributed by atoms with Crippen molar-refractivity contribution in [3.63, 3.8) is 0 Å². The van der Waals surface area contributed by atoms with Crippen LogP contribution in [0.1, 0.15) is 24.0 Å². The summed E-state index contributed by atoms with van der Waals surface area (Å²) in [5.41, 5.74) is 3.78. The molecule has 1 aliphatic carbocycles. The highest BCUT2D eigenvalue weighted by atomic mass is 16.3. The van der Waals surface area contributed by atoms with Gasteiger partial charge >= 0.3 is 0 Å². The smallest absolute Gasteiger partial charge is 0.0952 e. The third-order valence-corrected chi connectivity index (χ3v) is 3.55. The number of anilines is 1. The Hall–Kier alpha value is -1.74. The summed E-state index contributed by atoms with van der Waals surface area (Å²) in [5.74, 6) is 0. The minimum atomic E-state index is 0.767. The first-order valence-corrected chi connectivity index (χ1v) is 6.86. The molecule has 100 valence electrons. The van der Waals surface area contributed by atoms with E-state index in [0.29, 0.717) is 0 Å². The second-order valence-corrected chi connectivity index (χ2v) is 5.31. The van der Waals surface area contributed by atoms with Crippen LogP contribution in [0.15, 0.2) is 47.3 Å². The zero-order valence-corrected chi connectivity index (χ0v) is 11.3. The van der Waals surface area contributed by atoms with Crippen molar-refractivity contribution >= 4 is 5.69 Å². The number of hydrogen-bond donors (Lipinski definition) is 1. The Labute approximate surface area is 114 Å². The van der Waals surface area contributed by atoms with Crippen LogP contribution in [0.25, 0.3) is 0 Å². The fourth-order valence-electron chi connectivity index (χ4n) is 2.17. The number of benzene rings is 1. The third kappa shape index (κ3) is 3.38. The second kappa shape index (κ2) is 5.49. The summed E-state index contributed by atoms with van der Waals surface area (Å²) in [6.07, 6.45) is 6.19. The van der Waals surface area contributed by atoms with Crippen molar-refractivity contribution in [1.29, 1.82) is 0 Å². The van der Waals surface area contributed by atoms with Gasteiger partial charge in [-0.1, -0.05) is 12.1 Å². The summed E-state index contributed by atoms with van der Waals surface area (Å²) in [4.78, 5) is 2.23. The largest absolute Gasteiger partial charge is 0.472 e. The van der Waals surface area contributed by atoms with Crippen LogP contribution in [0.4, 0.5) is 5.69 Å². The Bertz CT molecular complexity index is 500. The van der Waals surface area contributed by atoms with Gasteiger partial charge in [0.1, 0.15) is 0 Å². The average molecular weight is 256 g/mol. The predicted molar refractivity (Wildman–Crippen MR) is 77.1 cm³/mol. The number of nitrogens with zero attached hydrogens (tertiary/aromatic N) is 1. The van der Waals surface area contributed by atoms with Gasteiger partial charge in [-0.25, -0.2) is 0 Å². The first-order valence-electron chi connectivity index (χ1n) is 6.86. The molecule has 0 spiro atoms. The maximum absolute atomic E-state index is 5.10. The molecule has 19 heavy (non-hydrogen) atoms. The van der Waals surface area contributed by atoms with E-state index in [0.717, 1.165) is 19.1 Å². The van der Waals surface area contributed by atoms with Gasteiger partial charge in [-0.05, 0) is 36.6 Å². The van der Waals surface area contributed by atoms with Crippen molar-refractivity contribution in [2.45, 2.75) is 32.0 Å². The third-order valence-electron chi connectivity index (χ3n) is 3.55. The van der Waals surface area contributed by atoms with Crippen LogP contribution >= 0.6 is 0 Å². The molecule has 3 rings (SSSR count). The lowest BCUT2D eigenvalue weighted by molar-refractivity contribution is 0.563. The molecule has 0 aliphatic heterocycles. The molecule has 1 fully saturated rings. The van der Waals surface area contributed by atoms with Crippen LogP contribution in [-0.2, 0) is 13.1 Å². The molecule has 3 heteroatoms. The fraction of sp³-hybridized carbons (Fsp3) is 0.375. The van der Waals surface area contributed by atoms with E-state index in [-0.39, 0.29) is 0 Å². The maximum atomic E-state index is 5.10. The second-order valence-electron chi connectivity index (χ2n) is 5.31. The molecular formula is C16H20N2O. The highest BCUT2D eigenvalue weighted by molar-refractivity contribution is 5.47. The Balaban J connectivity index is 1.57. The predicted octanol–water partition coefficient (Wildman–Crippen LogP) is 3.17. The molecule has 2 aromatic rings. The van der Waals surface area contributed by atoms with Gasteiger partial charge in [0.15, 0.2) is 0 Å². The molecule has 0 amide bonds. The summed E-state index contributed by atoms with van der Waals surface area (Å²) in [7, 11) is 2.10. The van der Waals surface area contributed by atoms with E-state index in [2.05, 4.69) is 41.5 Å². The number of nitrogens with one attached hydrogen (secondary N) is 1. The Kier molecular flexibility index (Phi) is 3.56. The number of furan rings is 1. The molecule has 0 unspecified atom stereocenters. The number of hydrogen-bond acceptors (Lipinski definition) is 3. The van der Waals surface area contributed by atoms with Crippen LogP contribution in [0, 0.1) is 0 Å². The van der Waals surface area contributed by atoms with Crippen molar-refractivity contribution in [3.8, 4) is 0 Å². The van der Waals surface area contributed by atoms with E-state index in [9.17, 15) is 0 Å². The monoisotopic (exact) mass is 256 g/mol.